The molecule has 110 valence electrons. The highest BCUT2D eigenvalue weighted by molar-refractivity contribution is 5.68. The van der Waals surface area contributed by atoms with E-state index in [1.165, 1.54) is 12.8 Å². The molecular weight excluding hydrogens is 244 g/mol. The van der Waals surface area contributed by atoms with Gasteiger partial charge in [0.15, 0.2) is 0 Å². The number of ether oxygens (including phenoxy) is 2. The first-order chi connectivity index (χ1) is 8.96. The molecule has 2 rings (SSSR count). The van der Waals surface area contributed by atoms with E-state index in [0.717, 1.165) is 39.2 Å². The zero-order valence-corrected chi connectivity index (χ0v) is 12.4. The third-order valence-electron chi connectivity index (χ3n) is 3.53. The Morgan fingerprint density at radius 3 is 2.37 bits per heavy atom. The zero-order valence-electron chi connectivity index (χ0n) is 12.4. The molecule has 1 amide bonds. The van der Waals surface area contributed by atoms with Crippen molar-refractivity contribution < 1.29 is 14.3 Å². The average Bonchev–Trinajstić information content (AvgIpc) is 2.38. The van der Waals surface area contributed by atoms with Crippen molar-refractivity contribution in [2.45, 2.75) is 51.9 Å². The molecule has 2 saturated heterocycles. The van der Waals surface area contributed by atoms with Crippen LogP contribution < -0.4 is 0 Å². The Kier molecular flexibility index (Phi) is 4.68. The van der Waals surface area contributed by atoms with Gasteiger partial charge in [-0.15, -0.1) is 0 Å². The summed E-state index contributed by atoms with van der Waals surface area (Å²) in [6.07, 6.45) is 3.60. The van der Waals surface area contributed by atoms with Crippen LogP contribution in [0.1, 0.15) is 40.0 Å². The molecule has 2 fully saturated rings. The summed E-state index contributed by atoms with van der Waals surface area (Å²) in [6, 6.07) is 0. The van der Waals surface area contributed by atoms with Crippen LogP contribution in [0.3, 0.4) is 0 Å². The van der Waals surface area contributed by atoms with E-state index >= 15 is 0 Å². The minimum atomic E-state index is -0.416. The van der Waals surface area contributed by atoms with E-state index in [-0.39, 0.29) is 12.3 Å². The van der Waals surface area contributed by atoms with Crippen molar-refractivity contribution in [3.8, 4) is 0 Å². The third kappa shape index (κ3) is 4.35. The zero-order chi connectivity index (χ0) is 13.9. The number of carbonyl (C=O) groups excluding carboxylic acids is 1. The summed E-state index contributed by atoms with van der Waals surface area (Å²) in [5.74, 6) is 0. The van der Waals surface area contributed by atoms with Gasteiger partial charge in [-0.1, -0.05) is 0 Å². The van der Waals surface area contributed by atoms with E-state index in [2.05, 4.69) is 4.90 Å². The first-order valence-corrected chi connectivity index (χ1v) is 7.29. The van der Waals surface area contributed by atoms with Gasteiger partial charge in [-0.05, 0) is 40.0 Å². The van der Waals surface area contributed by atoms with Gasteiger partial charge in [0.2, 0.25) is 0 Å². The Hall–Kier alpha value is -0.810. The highest BCUT2D eigenvalue weighted by Gasteiger charge is 2.29. The molecule has 0 aromatic carbocycles. The Labute approximate surface area is 115 Å². The molecule has 0 saturated carbocycles. The predicted octanol–water partition coefficient (Wildman–Crippen LogP) is 2.07. The monoisotopic (exact) mass is 270 g/mol. The highest BCUT2D eigenvalue weighted by atomic mass is 16.6. The Balaban J connectivity index is 1.77. The molecule has 2 aliphatic heterocycles. The van der Waals surface area contributed by atoms with Crippen LogP contribution in [0.15, 0.2) is 0 Å². The van der Waals surface area contributed by atoms with Gasteiger partial charge >= 0.3 is 6.09 Å². The lowest BCUT2D eigenvalue weighted by Crippen LogP contribution is -2.53. The number of rotatable bonds is 1. The van der Waals surface area contributed by atoms with Crippen LogP contribution in [0.5, 0.6) is 0 Å². The molecule has 1 unspecified atom stereocenters. The Morgan fingerprint density at radius 1 is 1.16 bits per heavy atom. The van der Waals surface area contributed by atoms with E-state index in [1.807, 2.05) is 20.8 Å². The fraction of sp³-hybridized carbons (Fsp3) is 0.929. The molecule has 0 aliphatic carbocycles. The predicted molar refractivity (Wildman–Crippen MR) is 73.0 cm³/mol. The van der Waals surface area contributed by atoms with Crippen LogP contribution in [0.2, 0.25) is 0 Å². The second-order valence-electron chi connectivity index (χ2n) is 6.32. The molecule has 0 spiro atoms. The van der Waals surface area contributed by atoms with Gasteiger partial charge in [0.05, 0.1) is 0 Å². The second kappa shape index (κ2) is 6.09. The molecule has 0 N–H and O–H groups in total. The fourth-order valence-electron chi connectivity index (χ4n) is 2.53. The molecular formula is C14H26N2O3. The van der Waals surface area contributed by atoms with Crippen LogP contribution in [0.25, 0.3) is 0 Å². The van der Waals surface area contributed by atoms with Gasteiger partial charge in [-0.3, -0.25) is 4.90 Å². The standard InChI is InChI=1S/C14H26N2O3/c1-14(2,3)19-13(17)16-9-7-15(8-10-16)12-6-4-5-11-18-12/h12H,4-11H2,1-3H3. The molecule has 19 heavy (non-hydrogen) atoms. The molecule has 2 aliphatic rings. The number of piperazine rings is 1. The number of hydrogen-bond acceptors (Lipinski definition) is 4. The Bertz CT molecular complexity index is 300. The van der Waals surface area contributed by atoms with Gasteiger partial charge in [0, 0.05) is 32.8 Å². The van der Waals surface area contributed by atoms with Crippen LogP contribution in [-0.4, -0.2) is 60.5 Å². The van der Waals surface area contributed by atoms with Gasteiger partial charge in [-0.2, -0.15) is 0 Å². The SMILES string of the molecule is CC(C)(C)OC(=O)N1CCN(C2CCCCO2)CC1. The lowest BCUT2D eigenvalue weighted by atomic mass is 10.1. The maximum absolute atomic E-state index is 12.0. The minimum Gasteiger partial charge on any atom is -0.444 e. The van der Waals surface area contributed by atoms with Crippen LogP contribution >= 0.6 is 0 Å². The maximum atomic E-state index is 12.0. The first-order valence-electron chi connectivity index (χ1n) is 7.29. The number of nitrogens with zero attached hydrogens (tertiary/aromatic N) is 2. The molecule has 0 aromatic heterocycles. The molecule has 1 atom stereocenters. The normalized spacial score (nSPS) is 26.3. The van der Waals surface area contributed by atoms with Crippen molar-refractivity contribution >= 4 is 6.09 Å². The van der Waals surface area contributed by atoms with E-state index in [0.29, 0.717) is 0 Å². The third-order valence-corrected chi connectivity index (χ3v) is 3.53. The summed E-state index contributed by atoms with van der Waals surface area (Å²) in [7, 11) is 0. The van der Waals surface area contributed by atoms with Crippen molar-refractivity contribution in [1.29, 1.82) is 0 Å². The van der Waals surface area contributed by atoms with Gasteiger partial charge in [0.25, 0.3) is 0 Å². The van der Waals surface area contributed by atoms with Crippen molar-refractivity contribution in [3.63, 3.8) is 0 Å². The van der Waals surface area contributed by atoms with Crippen LogP contribution in [0, 0.1) is 0 Å². The first kappa shape index (κ1) is 14.6. The van der Waals surface area contributed by atoms with Gasteiger partial charge in [0.1, 0.15) is 11.8 Å². The quantitative estimate of drug-likeness (QED) is 0.731. The molecule has 0 aromatic rings. The minimum absolute atomic E-state index is 0.197. The highest BCUT2D eigenvalue weighted by Crippen LogP contribution is 2.19. The summed E-state index contributed by atoms with van der Waals surface area (Å²) < 4.78 is 11.2. The van der Waals surface area contributed by atoms with Crippen molar-refractivity contribution in [1.82, 2.24) is 9.80 Å². The summed E-state index contributed by atoms with van der Waals surface area (Å²) in [4.78, 5) is 16.1. The number of amides is 1. The smallest absolute Gasteiger partial charge is 0.410 e. The fourth-order valence-corrected chi connectivity index (χ4v) is 2.53. The second-order valence-corrected chi connectivity index (χ2v) is 6.32. The van der Waals surface area contributed by atoms with Crippen molar-refractivity contribution in [2.24, 2.45) is 0 Å². The lowest BCUT2D eigenvalue weighted by molar-refractivity contribution is -0.0990. The topological polar surface area (TPSA) is 42.0 Å². The summed E-state index contributed by atoms with van der Waals surface area (Å²) in [5, 5.41) is 0. The van der Waals surface area contributed by atoms with Crippen molar-refractivity contribution in [2.75, 3.05) is 32.8 Å². The molecule has 5 nitrogen and oxygen atoms in total. The van der Waals surface area contributed by atoms with Gasteiger partial charge < -0.3 is 14.4 Å². The largest absolute Gasteiger partial charge is 0.444 e. The summed E-state index contributed by atoms with van der Waals surface area (Å²) in [6.45, 7) is 9.79. The van der Waals surface area contributed by atoms with E-state index in [9.17, 15) is 4.79 Å². The Morgan fingerprint density at radius 2 is 1.84 bits per heavy atom. The molecule has 5 heteroatoms. The molecule has 0 radical (unpaired) electrons. The number of carbonyl (C=O) groups is 1. The maximum Gasteiger partial charge on any atom is 0.410 e. The summed E-state index contributed by atoms with van der Waals surface area (Å²) >= 11 is 0. The van der Waals surface area contributed by atoms with E-state index in [4.69, 9.17) is 9.47 Å². The number of hydrogen-bond donors (Lipinski definition) is 0. The van der Waals surface area contributed by atoms with Crippen LogP contribution in [0.4, 0.5) is 4.79 Å². The lowest BCUT2D eigenvalue weighted by Gasteiger charge is -2.40. The van der Waals surface area contributed by atoms with Gasteiger partial charge in [-0.25, -0.2) is 4.79 Å². The molecule has 2 heterocycles. The van der Waals surface area contributed by atoms with Crippen molar-refractivity contribution in [3.05, 3.63) is 0 Å². The summed E-state index contributed by atoms with van der Waals surface area (Å²) in [5.41, 5.74) is -0.416. The van der Waals surface area contributed by atoms with E-state index in [1.54, 1.807) is 4.90 Å². The molecule has 0 bridgehead atoms. The van der Waals surface area contributed by atoms with Crippen LogP contribution in [-0.2, 0) is 9.47 Å². The average molecular weight is 270 g/mol. The van der Waals surface area contributed by atoms with E-state index < -0.39 is 5.60 Å².